The summed E-state index contributed by atoms with van der Waals surface area (Å²) in [6, 6.07) is 7.02. The number of nitrogens with two attached hydrogens (primary N) is 3. The van der Waals surface area contributed by atoms with Crippen molar-refractivity contribution in [2.45, 2.75) is 0 Å². The Morgan fingerprint density at radius 3 is 1.48 bits per heavy atom. The van der Waals surface area contributed by atoms with Crippen LogP contribution in [0, 0.1) is 0 Å². The molecular formula is C16H17Br2N11. The highest BCUT2D eigenvalue weighted by Gasteiger charge is 1.90. The molecule has 4 rings (SSSR count). The third-order valence-electron chi connectivity index (χ3n) is 2.51. The Morgan fingerprint density at radius 1 is 0.586 bits per heavy atom. The first-order valence-electron chi connectivity index (χ1n) is 7.69. The monoisotopic (exact) mass is 521 g/mol. The Kier molecular flexibility index (Phi) is 12.0. The number of nitrogen functional groups attached to an aromatic ring is 3. The standard InChI is InChI=1S/2C4H4BrN3.C4H5N3.C4H4N2/c5-3-1-7-8-2-4(3)6;5-4-3(6)1-2-7-8-4;5-4-1-2-6-7-3-4;1-2-4-6-5-3-1/h2*1-2H,(H2,6,7);1-3H,(H2,5,6);1-4H. The summed E-state index contributed by atoms with van der Waals surface area (Å²) >= 11 is 6.26. The van der Waals surface area contributed by atoms with Gasteiger partial charge in [-0.3, -0.25) is 0 Å². The minimum atomic E-state index is 0.597. The number of anilines is 3. The van der Waals surface area contributed by atoms with Gasteiger partial charge in [0.05, 0.1) is 52.5 Å². The van der Waals surface area contributed by atoms with Crippen LogP contribution in [-0.4, -0.2) is 40.8 Å². The summed E-state index contributed by atoms with van der Waals surface area (Å²) in [4.78, 5) is 0. The second-order valence-corrected chi connectivity index (χ2v) is 6.27. The van der Waals surface area contributed by atoms with Gasteiger partial charge in [0.25, 0.3) is 0 Å². The Labute approximate surface area is 183 Å². The molecular weight excluding hydrogens is 506 g/mol. The van der Waals surface area contributed by atoms with Crippen molar-refractivity contribution in [3.63, 3.8) is 0 Å². The minimum Gasteiger partial charge on any atom is -0.397 e. The number of rotatable bonds is 0. The Hall–Kier alpha value is -3.32. The molecule has 0 fully saturated rings. The van der Waals surface area contributed by atoms with Crippen LogP contribution in [0.15, 0.2) is 76.7 Å². The Balaban J connectivity index is 0.000000194. The van der Waals surface area contributed by atoms with Crippen LogP contribution in [0.25, 0.3) is 0 Å². The number of hydrogen-bond acceptors (Lipinski definition) is 11. The van der Waals surface area contributed by atoms with E-state index in [4.69, 9.17) is 17.2 Å². The lowest BCUT2D eigenvalue weighted by Crippen LogP contribution is -1.89. The molecule has 0 unspecified atom stereocenters. The molecule has 0 saturated heterocycles. The maximum absolute atomic E-state index is 5.37. The second-order valence-electron chi connectivity index (χ2n) is 4.66. The van der Waals surface area contributed by atoms with Crippen LogP contribution in [-0.2, 0) is 0 Å². The third kappa shape index (κ3) is 11.9. The van der Waals surface area contributed by atoms with E-state index in [-0.39, 0.29) is 0 Å². The second kappa shape index (κ2) is 14.7. The first-order valence-corrected chi connectivity index (χ1v) is 9.27. The first kappa shape index (κ1) is 23.7. The van der Waals surface area contributed by atoms with Crippen molar-refractivity contribution in [2.24, 2.45) is 0 Å². The Bertz CT molecular complexity index is 818. The van der Waals surface area contributed by atoms with Crippen molar-refractivity contribution < 1.29 is 0 Å². The molecule has 11 nitrogen and oxygen atoms in total. The van der Waals surface area contributed by atoms with E-state index in [1.54, 1.807) is 43.1 Å². The molecule has 0 aliphatic carbocycles. The van der Waals surface area contributed by atoms with Crippen molar-refractivity contribution in [1.29, 1.82) is 0 Å². The molecule has 0 saturated carbocycles. The zero-order chi connectivity index (χ0) is 21.3. The predicted octanol–water partition coefficient (Wildman–Crippen LogP) is 2.18. The van der Waals surface area contributed by atoms with E-state index in [0.29, 0.717) is 21.7 Å². The number of aromatic nitrogens is 8. The zero-order valence-corrected chi connectivity index (χ0v) is 18.1. The maximum Gasteiger partial charge on any atom is 0.151 e. The minimum absolute atomic E-state index is 0.597. The van der Waals surface area contributed by atoms with Crippen molar-refractivity contribution in [1.82, 2.24) is 40.8 Å². The van der Waals surface area contributed by atoms with E-state index in [1.165, 1.54) is 12.4 Å². The van der Waals surface area contributed by atoms with Gasteiger partial charge in [0.15, 0.2) is 4.60 Å². The molecule has 0 aliphatic heterocycles. The van der Waals surface area contributed by atoms with Gasteiger partial charge in [0, 0.05) is 12.4 Å². The van der Waals surface area contributed by atoms with Crippen LogP contribution in [0.1, 0.15) is 0 Å². The summed E-state index contributed by atoms with van der Waals surface area (Å²) in [5, 5.41) is 28.4. The average molecular weight is 523 g/mol. The normalized spacial score (nSPS) is 8.76. The van der Waals surface area contributed by atoms with Gasteiger partial charge in [-0.05, 0) is 56.1 Å². The summed E-state index contributed by atoms with van der Waals surface area (Å²) in [7, 11) is 0. The number of halogens is 2. The summed E-state index contributed by atoms with van der Waals surface area (Å²) < 4.78 is 1.38. The molecule has 29 heavy (non-hydrogen) atoms. The molecule has 0 atom stereocenters. The van der Waals surface area contributed by atoms with Crippen LogP contribution in [0.3, 0.4) is 0 Å². The van der Waals surface area contributed by atoms with Gasteiger partial charge >= 0.3 is 0 Å². The molecule has 13 heteroatoms. The molecule has 0 aliphatic rings. The Morgan fingerprint density at radius 2 is 1.17 bits per heavy atom. The molecule has 0 radical (unpaired) electrons. The van der Waals surface area contributed by atoms with Gasteiger partial charge in [-0.2, -0.15) is 35.7 Å². The quantitative estimate of drug-likeness (QED) is 0.307. The van der Waals surface area contributed by atoms with E-state index in [0.717, 1.165) is 4.47 Å². The first-order chi connectivity index (χ1) is 14.0. The van der Waals surface area contributed by atoms with Crippen molar-refractivity contribution >= 4 is 48.9 Å². The van der Waals surface area contributed by atoms with Crippen LogP contribution in [0.2, 0.25) is 0 Å². The molecule has 150 valence electrons. The summed E-state index contributed by atoms with van der Waals surface area (Å²) in [5.74, 6) is 0. The van der Waals surface area contributed by atoms with Gasteiger partial charge < -0.3 is 17.2 Å². The highest BCUT2D eigenvalue weighted by Crippen LogP contribution is 2.13. The zero-order valence-electron chi connectivity index (χ0n) is 14.9. The van der Waals surface area contributed by atoms with Crippen molar-refractivity contribution in [2.75, 3.05) is 17.2 Å². The van der Waals surface area contributed by atoms with Crippen molar-refractivity contribution in [3.05, 3.63) is 76.7 Å². The third-order valence-corrected chi connectivity index (χ3v) is 3.78. The van der Waals surface area contributed by atoms with E-state index in [9.17, 15) is 0 Å². The molecule has 0 aromatic carbocycles. The summed E-state index contributed by atoms with van der Waals surface area (Å²) in [6.45, 7) is 0. The fraction of sp³-hybridized carbons (Fsp3) is 0. The summed E-state index contributed by atoms with van der Waals surface area (Å²) in [6.07, 6.45) is 10.9. The van der Waals surface area contributed by atoms with Gasteiger partial charge in [-0.1, -0.05) is 0 Å². The van der Waals surface area contributed by atoms with E-state index < -0.39 is 0 Å². The topological polar surface area (TPSA) is 181 Å². The maximum atomic E-state index is 5.37. The largest absolute Gasteiger partial charge is 0.397 e. The smallest absolute Gasteiger partial charge is 0.151 e. The highest BCUT2D eigenvalue weighted by atomic mass is 79.9. The lowest BCUT2D eigenvalue weighted by Gasteiger charge is -1.89. The fourth-order valence-electron chi connectivity index (χ4n) is 1.19. The van der Waals surface area contributed by atoms with Gasteiger partial charge in [0.2, 0.25) is 0 Å². The van der Waals surface area contributed by atoms with E-state index >= 15 is 0 Å². The number of hydrogen-bond donors (Lipinski definition) is 3. The van der Waals surface area contributed by atoms with E-state index in [2.05, 4.69) is 72.6 Å². The van der Waals surface area contributed by atoms with Gasteiger partial charge in [0.1, 0.15) is 0 Å². The van der Waals surface area contributed by atoms with E-state index in [1.807, 2.05) is 12.1 Å². The molecule has 0 amide bonds. The van der Waals surface area contributed by atoms with Crippen LogP contribution in [0.4, 0.5) is 17.1 Å². The summed E-state index contributed by atoms with van der Waals surface area (Å²) in [5.41, 5.74) is 17.9. The lowest BCUT2D eigenvalue weighted by atomic mass is 10.5. The highest BCUT2D eigenvalue weighted by molar-refractivity contribution is 9.10. The molecule has 4 aromatic rings. The fourth-order valence-corrected chi connectivity index (χ4v) is 1.61. The van der Waals surface area contributed by atoms with Gasteiger partial charge in [-0.15, -0.1) is 5.10 Å². The van der Waals surface area contributed by atoms with Crippen LogP contribution >= 0.6 is 31.9 Å². The van der Waals surface area contributed by atoms with Gasteiger partial charge in [-0.25, -0.2) is 0 Å². The molecule has 0 bridgehead atoms. The molecule has 4 heterocycles. The molecule has 6 N–H and O–H groups in total. The van der Waals surface area contributed by atoms with Crippen LogP contribution in [0.5, 0.6) is 0 Å². The number of nitrogens with zero attached hydrogens (tertiary/aromatic N) is 8. The molecule has 0 spiro atoms. The van der Waals surface area contributed by atoms with Crippen molar-refractivity contribution in [3.8, 4) is 0 Å². The molecule has 4 aromatic heterocycles. The lowest BCUT2D eigenvalue weighted by molar-refractivity contribution is 1.01. The van der Waals surface area contributed by atoms with Crippen LogP contribution < -0.4 is 17.2 Å². The average Bonchev–Trinajstić information content (AvgIpc) is 2.76. The predicted molar refractivity (Wildman–Crippen MR) is 117 cm³/mol. The SMILES string of the molecule is Nc1ccnnc1.Nc1ccnnc1Br.Nc1cnncc1Br.c1ccnnc1.